The number of carbonyl (C=O) groups is 1. The van der Waals surface area contributed by atoms with Gasteiger partial charge in [-0.3, -0.25) is 4.79 Å². The van der Waals surface area contributed by atoms with E-state index in [-0.39, 0.29) is 5.91 Å². The van der Waals surface area contributed by atoms with Crippen LogP contribution >= 0.6 is 11.8 Å². The zero-order chi connectivity index (χ0) is 13.5. The molecule has 0 aliphatic heterocycles. The van der Waals surface area contributed by atoms with Crippen molar-refractivity contribution in [3.8, 4) is 0 Å². The highest BCUT2D eigenvalue weighted by Gasteiger charge is 2.11. The SMILES string of the molecule is CCNC(=O)c1ccc(N)cc1SCCN(C)C. The van der Waals surface area contributed by atoms with E-state index in [2.05, 4.69) is 10.2 Å². The van der Waals surface area contributed by atoms with E-state index in [1.165, 1.54) is 0 Å². The molecule has 100 valence electrons. The maximum absolute atomic E-state index is 11.9. The molecule has 0 aromatic heterocycles. The van der Waals surface area contributed by atoms with E-state index in [0.717, 1.165) is 17.2 Å². The second-order valence-electron chi connectivity index (χ2n) is 4.27. The average molecular weight is 267 g/mol. The zero-order valence-electron chi connectivity index (χ0n) is 11.2. The van der Waals surface area contributed by atoms with Crippen LogP contribution in [0.25, 0.3) is 0 Å². The molecule has 1 rings (SSSR count). The van der Waals surface area contributed by atoms with E-state index in [1.54, 1.807) is 23.9 Å². The number of carbonyl (C=O) groups excluding carboxylic acids is 1. The van der Waals surface area contributed by atoms with Gasteiger partial charge in [0.15, 0.2) is 0 Å². The summed E-state index contributed by atoms with van der Waals surface area (Å²) in [6.07, 6.45) is 0. The lowest BCUT2D eigenvalue weighted by Gasteiger charge is -2.12. The number of nitrogen functional groups attached to an aromatic ring is 1. The lowest BCUT2D eigenvalue weighted by atomic mass is 10.2. The fraction of sp³-hybridized carbons (Fsp3) is 0.462. The lowest BCUT2D eigenvalue weighted by molar-refractivity contribution is 0.0953. The molecule has 0 radical (unpaired) electrons. The van der Waals surface area contributed by atoms with Gasteiger partial charge in [0, 0.05) is 29.4 Å². The predicted molar refractivity (Wildman–Crippen MR) is 78.1 cm³/mol. The van der Waals surface area contributed by atoms with Crippen molar-refractivity contribution in [1.29, 1.82) is 0 Å². The van der Waals surface area contributed by atoms with E-state index < -0.39 is 0 Å². The van der Waals surface area contributed by atoms with E-state index in [4.69, 9.17) is 5.73 Å². The first-order valence-corrected chi connectivity index (χ1v) is 6.98. The summed E-state index contributed by atoms with van der Waals surface area (Å²) < 4.78 is 0. The van der Waals surface area contributed by atoms with Gasteiger partial charge in [0.1, 0.15) is 0 Å². The zero-order valence-corrected chi connectivity index (χ0v) is 12.0. The summed E-state index contributed by atoms with van der Waals surface area (Å²) in [6, 6.07) is 5.42. The second kappa shape index (κ2) is 7.28. The number of nitrogens with zero attached hydrogens (tertiary/aromatic N) is 1. The number of rotatable bonds is 6. The van der Waals surface area contributed by atoms with Crippen molar-refractivity contribution in [2.75, 3.05) is 38.7 Å². The topological polar surface area (TPSA) is 58.4 Å². The first kappa shape index (κ1) is 14.9. The van der Waals surface area contributed by atoms with Crippen molar-refractivity contribution >= 4 is 23.4 Å². The van der Waals surface area contributed by atoms with E-state index in [0.29, 0.717) is 17.8 Å². The van der Waals surface area contributed by atoms with Crippen molar-refractivity contribution in [3.05, 3.63) is 23.8 Å². The molecule has 4 nitrogen and oxygen atoms in total. The number of benzene rings is 1. The van der Waals surface area contributed by atoms with Crippen LogP contribution in [0.5, 0.6) is 0 Å². The van der Waals surface area contributed by atoms with Gasteiger partial charge in [-0.25, -0.2) is 0 Å². The van der Waals surface area contributed by atoms with Gasteiger partial charge in [0.2, 0.25) is 0 Å². The highest BCUT2D eigenvalue weighted by Crippen LogP contribution is 2.25. The van der Waals surface area contributed by atoms with Crippen LogP contribution in [-0.2, 0) is 0 Å². The molecule has 0 bridgehead atoms. The highest BCUT2D eigenvalue weighted by molar-refractivity contribution is 7.99. The maximum Gasteiger partial charge on any atom is 0.252 e. The molecule has 0 unspecified atom stereocenters. The van der Waals surface area contributed by atoms with Gasteiger partial charge in [-0.05, 0) is 39.2 Å². The normalized spacial score (nSPS) is 10.7. The van der Waals surface area contributed by atoms with Gasteiger partial charge in [-0.15, -0.1) is 11.8 Å². The number of thioether (sulfide) groups is 1. The predicted octanol–water partition coefficient (Wildman–Crippen LogP) is 1.67. The Morgan fingerprint density at radius 2 is 2.17 bits per heavy atom. The minimum Gasteiger partial charge on any atom is -0.399 e. The van der Waals surface area contributed by atoms with Crippen LogP contribution < -0.4 is 11.1 Å². The summed E-state index contributed by atoms with van der Waals surface area (Å²) in [5.74, 6) is 0.896. The molecule has 0 aliphatic rings. The van der Waals surface area contributed by atoms with Crippen LogP contribution in [0.1, 0.15) is 17.3 Å². The Morgan fingerprint density at radius 3 is 2.78 bits per heavy atom. The van der Waals surface area contributed by atoms with E-state index in [9.17, 15) is 4.79 Å². The lowest BCUT2D eigenvalue weighted by Crippen LogP contribution is -2.23. The molecular weight excluding hydrogens is 246 g/mol. The molecule has 5 heteroatoms. The molecule has 0 spiro atoms. The third kappa shape index (κ3) is 4.58. The van der Waals surface area contributed by atoms with Crippen LogP contribution in [0.15, 0.2) is 23.1 Å². The van der Waals surface area contributed by atoms with Gasteiger partial charge in [0.25, 0.3) is 5.91 Å². The van der Waals surface area contributed by atoms with Crippen molar-refractivity contribution < 1.29 is 4.79 Å². The molecule has 1 aromatic rings. The molecule has 0 saturated carbocycles. The fourth-order valence-corrected chi connectivity index (χ4v) is 2.65. The van der Waals surface area contributed by atoms with Crippen molar-refractivity contribution in [1.82, 2.24) is 10.2 Å². The molecule has 0 fully saturated rings. The largest absolute Gasteiger partial charge is 0.399 e. The number of anilines is 1. The maximum atomic E-state index is 11.9. The molecule has 18 heavy (non-hydrogen) atoms. The Hall–Kier alpha value is -1.20. The van der Waals surface area contributed by atoms with E-state index in [1.807, 2.05) is 27.1 Å². The Balaban J connectivity index is 2.79. The molecule has 1 amide bonds. The third-order valence-electron chi connectivity index (χ3n) is 2.38. The van der Waals surface area contributed by atoms with Crippen LogP contribution in [-0.4, -0.2) is 43.7 Å². The molecule has 0 atom stereocenters. The fourth-order valence-electron chi connectivity index (χ4n) is 1.44. The minimum absolute atomic E-state index is 0.0372. The summed E-state index contributed by atoms with van der Waals surface area (Å²) in [5.41, 5.74) is 7.17. The standard InChI is InChI=1S/C13H21N3OS/c1-4-15-13(17)11-6-5-10(14)9-12(11)18-8-7-16(2)3/h5-6,9H,4,7-8,14H2,1-3H3,(H,15,17). The number of hydrogen-bond acceptors (Lipinski definition) is 4. The Bertz CT molecular complexity index is 407. The van der Waals surface area contributed by atoms with Crippen LogP contribution in [0, 0.1) is 0 Å². The highest BCUT2D eigenvalue weighted by atomic mass is 32.2. The summed E-state index contributed by atoms with van der Waals surface area (Å²) in [5, 5.41) is 2.82. The molecule has 0 aliphatic carbocycles. The van der Waals surface area contributed by atoms with E-state index >= 15 is 0 Å². The van der Waals surface area contributed by atoms with Gasteiger partial charge in [0.05, 0.1) is 5.56 Å². The Labute approximate surface area is 113 Å². The van der Waals surface area contributed by atoms with Crippen molar-refractivity contribution in [2.45, 2.75) is 11.8 Å². The number of nitrogens with two attached hydrogens (primary N) is 1. The van der Waals surface area contributed by atoms with Crippen LogP contribution in [0.4, 0.5) is 5.69 Å². The molecule has 0 heterocycles. The molecule has 0 saturated heterocycles. The first-order valence-electron chi connectivity index (χ1n) is 5.99. The van der Waals surface area contributed by atoms with Crippen LogP contribution in [0.3, 0.4) is 0 Å². The first-order chi connectivity index (χ1) is 8.54. The summed E-state index contributed by atoms with van der Waals surface area (Å²) in [4.78, 5) is 15.0. The molecular formula is C13H21N3OS. The monoisotopic (exact) mass is 267 g/mol. The van der Waals surface area contributed by atoms with Crippen molar-refractivity contribution in [2.24, 2.45) is 0 Å². The smallest absolute Gasteiger partial charge is 0.252 e. The molecule has 3 N–H and O–H groups in total. The molecule has 1 aromatic carbocycles. The van der Waals surface area contributed by atoms with Crippen molar-refractivity contribution in [3.63, 3.8) is 0 Å². The quantitative estimate of drug-likeness (QED) is 0.608. The van der Waals surface area contributed by atoms with Crippen LogP contribution in [0.2, 0.25) is 0 Å². The third-order valence-corrected chi connectivity index (χ3v) is 3.42. The summed E-state index contributed by atoms with van der Waals surface area (Å²) >= 11 is 1.66. The summed E-state index contributed by atoms with van der Waals surface area (Å²) in [7, 11) is 4.06. The van der Waals surface area contributed by atoms with Gasteiger partial charge in [-0.1, -0.05) is 0 Å². The Kier molecular flexibility index (Phi) is 6.01. The van der Waals surface area contributed by atoms with Gasteiger partial charge >= 0.3 is 0 Å². The second-order valence-corrected chi connectivity index (χ2v) is 5.40. The Morgan fingerprint density at radius 1 is 1.44 bits per heavy atom. The average Bonchev–Trinajstić information content (AvgIpc) is 2.29. The number of hydrogen-bond donors (Lipinski definition) is 2. The minimum atomic E-state index is -0.0372. The van der Waals surface area contributed by atoms with Gasteiger partial charge < -0.3 is 16.0 Å². The number of amides is 1. The van der Waals surface area contributed by atoms with Gasteiger partial charge in [-0.2, -0.15) is 0 Å². The summed E-state index contributed by atoms with van der Waals surface area (Å²) in [6.45, 7) is 3.51. The number of nitrogens with one attached hydrogen (secondary N) is 1.